The van der Waals surface area contributed by atoms with Crippen molar-refractivity contribution in [2.45, 2.75) is 19.9 Å². The molecule has 0 spiro atoms. The number of hydrogen-bond acceptors (Lipinski definition) is 2. The zero-order valence-corrected chi connectivity index (χ0v) is 9.88. The van der Waals surface area contributed by atoms with Gasteiger partial charge in [-0.1, -0.05) is 13.8 Å². The highest BCUT2D eigenvalue weighted by atomic mass is 19.1. The molecule has 0 bridgehead atoms. The number of carbonyl (C=O) groups is 1. The van der Waals surface area contributed by atoms with Crippen LogP contribution < -0.4 is 5.32 Å². The molecule has 0 saturated heterocycles. The normalized spacial score (nSPS) is 11.3. The fraction of sp³-hybridized carbons (Fsp3) is 0.308. The second-order valence-corrected chi connectivity index (χ2v) is 4.35. The molecule has 4 heteroatoms. The van der Waals surface area contributed by atoms with Crippen molar-refractivity contribution in [2.75, 3.05) is 6.54 Å². The number of ketones is 1. The third-order valence-corrected chi connectivity index (χ3v) is 2.62. The van der Waals surface area contributed by atoms with Crippen molar-refractivity contribution in [3.05, 3.63) is 35.8 Å². The minimum Gasteiger partial charge on any atom is -0.360 e. The molecule has 0 aliphatic heterocycles. The predicted molar refractivity (Wildman–Crippen MR) is 65.7 cm³/mol. The Morgan fingerprint density at radius 2 is 2.24 bits per heavy atom. The van der Waals surface area contributed by atoms with Gasteiger partial charge >= 0.3 is 0 Å². The lowest BCUT2D eigenvalue weighted by Gasteiger charge is -2.06. The quantitative estimate of drug-likeness (QED) is 0.798. The number of benzene rings is 1. The summed E-state index contributed by atoms with van der Waals surface area (Å²) in [6.45, 7) is 4.21. The molecular formula is C13H15FN2O. The number of hydrogen-bond donors (Lipinski definition) is 2. The van der Waals surface area contributed by atoms with E-state index in [0.29, 0.717) is 10.9 Å². The summed E-state index contributed by atoms with van der Waals surface area (Å²) in [5, 5.41) is 3.70. The summed E-state index contributed by atoms with van der Waals surface area (Å²) in [7, 11) is 0. The Morgan fingerprint density at radius 1 is 1.47 bits per heavy atom. The smallest absolute Gasteiger partial charge is 0.178 e. The summed E-state index contributed by atoms with van der Waals surface area (Å²) in [6.07, 6.45) is 1.63. The molecule has 1 aromatic carbocycles. The number of nitrogens with one attached hydrogen (secondary N) is 2. The fourth-order valence-electron chi connectivity index (χ4n) is 1.72. The number of carbonyl (C=O) groups excluding carboxylic acids is 1. The second kappa shape index (κ2) is 4.67. The first-order valence-corrected chi connectivity index (χ1v) is 5.61. The lowest BCUT2D eigenvalue weighted by Crippen LogP contribution is -2.29. The first-order chi connectivity index (χ1) is 8.08. The van der Waals surface area contributed by atoms with E-state index in [1.807, 2.05) is 13.8 Å². The zero-order chi connectivity index (χ0) is 12.4. The van der Waals surface area contributed by atoms with Gasteiger partial charge in [0.05, 0.1) is 6.54 Å². The first-order valence-electron chi connectivity index (χ1n) is 5.61. The molecule has 1 aromatic heterocycles. The Hall–Kier alpha value is -1.68. The van der Waals surface area contributed by atoms with Gasteiger partial charge in [-0.3, -0.25) is 4.79 Å². The number of fused-ring (bicyclic) bond motifs is 1. The van der Waals surface area contributed by atoms with Crippen LogP contribution in [0, 0.1) is 5.82 Å². The van der Waals surface area contributed by atoms with Gasteiger partial charge in [0, 0.05) is 28.7 Å². The Morgan fingerprint density at radius 3 is 2.94 bits per heavy atom. The Balaban J connectivity index is 2.29. The van der Waals surface area contributed by atoms with Crippen LogP contribution in [-0.2, 0) is 0 Å². The van der Waals surface area contributed by atoms with Gasteiger partial charge in [-0.15, -0.1) is 0 Å². The van der Waals surface area contributed by atoms with Crippen molar-refractivity contribution in [1.82, 2.24) is 10.3 Å². The van der Waals surface area contributed by atoms with Gasteiger partial charge in [0.15, 0.2) is 5.78 Å². The number of halogens is 1. The van der Waals surface area contributed by atoms with Crippen LogP contribution in [0.1, 0.15) is 24.2 Å². The molecule has 0 atom stereocenters. The molecule has 2 aromatic rings. The first kappa shape index (κ1) is 11.8. The molecule has 17 heavy (non-hydrogen) atoms. The van der Waals surface area contributed by atoms with Crippen LogP contribution >= 0.6 is 0 Å². The molecule has 2 N–H and O–H groups in total. The fourth-order valence-corrected chi connectivity index (χ4v) is 1.72. The van der Waals surface area contributed by atoms with Gasteiger partial charge in [0.25, 0.3) is 0 Å². The molecule has 0 amide bonds. The standard InChI is InChI=1S/C13H15FN2O/c1-8(2)15-7-13(17)11-6-16-12-4-3-9(14)5-10(11)12/h3-6,8,15-16H,7H2,1-2H3. The Kier molecular flexibility index (Phi) is 3.24. The second-order valence-electron chi connectivity index (χ2n) is 4.35. The maximum absolute atomic E-state index is 13.1. The van der Waals surface area contributed by atoms with E-state index in [2.05, 4.69) is 10.3 Å². The highest BCUT2D eigenvalue weighted by Crippen LogP contribution is 2.19. The summed E-state index contributed by atoms with van der Waals surface area (Å²) in [5.41, 5.74) is 1.31. The van der Waals surface area contributed by atoms with Gasteiger partial charge in [-0.2, -0.15) is 0 Å². The van der Waals surface area contributed by atoms with Crippen LogP contribution in [0.3, 0.4) is 0 Å². The maximum Gasteiger partial charge on any atom is 0.178 e. The number of Topliss-reactive ketones (excluding diaryl/α,β-unsaturated/α-hetero) is 1. The number of H-pyrrole nitrogens is 1. The molecule has 0 fully saturated rings. The minimum absolute atomic E-state index is 0.0319. The highest BCUT2D eigenvalue weighted by Gasteiger charge is 2.12. The summed E-state index contributed by atoms with van der Waals surface area (Å²) in [6, 6.07) is 4.64. The van der Waals surface area contributed by atoms with E-state index in [-0.39, 0.29) is 24.2 Å². The summed E-state index contributed by atoms with van der Waals surface area (Å²) in [5.74, 6) is -0.362. The molecule has 0 unspecified atom stereocenters. The van der Waals surface area contributed by atoms with E-state index in [1.165, 1.54) is 12.1 Å². The van der Waals surface area contributed by atoms with Crippen molar-refractivity contribution in [3.63, 3.8) is 0 Å². The topological polar surface area (TPSA) is 44.9 Å². The van der Waals surface area contributed by atoms with Crippen LogP contribution in [0.4, 0.5) is 4.39 Å². The lowest BCUT2D eigenvalue weighted by molar-refractivity contribution is 0.0990. The van der Waals surface area contributed by atoms with Crippen molar-refractivity contribution in [3.8, 4) is 0 Å². The monoisotopic (exact) mass is 234 g/mol. The predicted octanol–water partition coefficient (Wildman–Crippen LogP) is 2.49. The molecular weight excluding hydrogens is 219 g/mol. The summed E-state index contributed by atoms with van der Waals surface area (Å²) < 4.78 is 13.1. The van der Waals surface area contributed by atoms with Gasteiger partial charge in [-0.25, -0.2) is 4.39 Å². The molecule has 0 aliphatic rings. The van der Waals surface area contributed by atoms with Crippen LogP contribution in [0.2, 0.25) is 0 Å². The van der Waals surface area contributed by atoms with E-state index in [9.17, 15) is 9.18 Å². The average molecular weight is 234 g/mol. The Labute approximate surface area is 99.0 Å². The number of rotatable bonds is 4. The Bertz CT molecular complexity index is 545. The summed E-state index contributed by atoms with van der Waals surface area (Å²) >= 11 is 0. The highest BCUT2D eigenvalue weighted by molar-refractivity contribution is 6.08. The van der Waals surface area contributed by atoms with E-state index in [4.69, 9.17) is 0 Å². The molecule has 3 nitrogen and oxygen atoms in total. The maximum atomic E-state index is 13.1. The van der Waals surface area contributed by atoms with Gasteiger partial charge in [0.2, 0.25) is 0 Å². The molecule has 90 valence electrons. The number of aromatic amines is 1. The third kappa shape index (κ3) is 2.53. The van der Waals surface area contributed by atoms with Crippen LogP contribution in [-0.4, -0.2) is 23.4 Å². The average Bonchev–Trinajstić information content (AvgIpc) is 2.68. The molecule has 0 radical (unpaired) electrons. The van der Waals surface area contributed by atoms with E-state index in [0.717, 1.165) is 5.52 Å². The molecule has 2 rings (SSSR count). The van der Waals surface area contributed by atoms with Crippen LogP contribution in [0.5, 0.6) is 0 Å². The SMILES string of the molecule is CC(C)NCC(=O)c1c[nH]c2ccc(F)cc12. The van der Waals surface area contributed by atoms with Crippen LogP contribution in [0.15, 0.2) is 24.4 Å². The largest absolute Gasteiger partial charge is 0.360 e. The minimum atomic E-state index is -0.331. The summed E-state index contributed by atoms with van der Waals surface area (Å²) in [4.78, 5) is 14.9. The lowest BCUT2D eigenvalue weighted by atomic mass is 10.1. The van der Waals surface area contributed by atoms with Gasteiger partial charge < -0.3 is 10.3 Å². The van der Waals surface area contributed by atoms with Gasteiger partial charge in [0.1, 0.15) is 5.82 Å². The van der Waals surface area contributed by atoms with Crippen molar-refractivity contribution in [1.29, 1.82) is 0 Å². The van der Waals surface area contributed by atoms with Crippen molar-refractivity contribution < 1.29 is 9.18 Å². The van der Waals surface area contributed by atoms with E-state index in [1.54, 1.807) is 12.3 Å². The number of aromatic nitrogens is 1. The molecule has 0 saturated carbocycles. The molecule has 1 heterocycles. The zero-order valence-electron chi connectivity index (χ0n) is 9.88. The van der Waals surface area contributed by atoms with Crippen molar-refractivity contribution >= 4 is 16.7 Å². The van der Waals surface area contributed by atoms with Crippen LogP contribution in [0.25, 0.3) is 10.9 Å². The van der Waals surface area contributed by atoms with Gasteiger partial charge in [-0.05, 0) is 18.2 Å². The molecule has 0 aliphatic carbocycles. The van der Waals surface area contributed by atoms with Crippen molar-refractivity contribution in [2.24, 2.45) is 0 Å². The van der Waals surface area contributed by atoms with E-state index < -0.39 is 0 Å². The third-order valence-electron chi connectivity index (χ3n) is 2.62. The van der Waals surface area contributed by atoms with E-state index >= 15 is 0 Å².